The third kappa shape index (κ3) is 6.07. The van der Waals surface area contributed by atoms with Crippen LogP contribution in [0.5, 0.6) is 0 Å². The summed E-state index contributed by atoms with van der Waals surface area (Å²) in [5.41, 5.74) is 0.875. The molecule has 0 saturated carbocycles. The summed E-state index contributed by atoms with van der Waals surface area (Å²) in [5, 5.41) is 4.87. The summed E-state index contributed by atoms with van der Waals surface area (Å²) >= 11 is 0. The van der Waals surface area contributed by atoms with Gasteiger partial charge in [-0.25, -0.2) is 0 Å². The minimum atomic E-state index is -0.663. The van der Waals surface area contributed by atoms with Crippen molar-refractivity contribution in [2.24, 2.45) is 5.92 Å². The average molecular weight is 292 g/mol. The van der Waals surface area contributed by atoms with Crippen LogP contribution in [0.15, 0.2) is 30.3 Å². The lowest BCUT2D eigenvalue weighted by atomic mass is 10.0. The third-order valence-corrected chi connectivity index (χ3v) is 2.85. The minimum absolute atomic E-state index is 0.0736. The molecule has 2 N–H and O–H groups in total. The van der Waals surface area contributed by atoms with Crippen LogP contribution in [0.4, 0.5) is 0 Å². The average Bonchev–Trinajstić information content (AvgIpc) is 2.49. The Morgan fingerprint density at radius 3 is 2.48 bits per heavy atom. The number of amides is 2. The van der Waals surface area contributed by atoms with E-state index >= 15 is 0 Å². The zero-order chi connectivity index (χ0) is 15.7. The molecular formula is C15H20N2O4. The summed E-state index contributed by atoms with van der Waals surface area (Å²) in [6.07, 6.45) is 0.470. The lowest BCUT2D eigenvalue weighted by molar-refractivity contribution is -0.145. The molecule has 0 aliphatic carbocycles. The Balaban J connectivity index is 2.35. The number of hydrogen-bond donors (Lipinski definition) is 2. The molecule has 6 heteroatoms. The van der Waals surface area contributed by atoms with E-state index in [1.165, 1.54) is 0 Å². The van der Waals surface area contributed by atoms with Crippen LogP contribution in [-0.4, -0.2) is 30.9 Å². The van der Waals surface area contributed by atoms with E-state index in [0.29, 0.717) is 6.41 Å². The molecular weight excluding hydrogens is 272 g/mol. The van der Waals surface area contributed by atoms with Gasteiger partial charge in [0.05, 0.1) is 0 Å². The zero-order valence-electron chi connectivity index (χ0n) is 12.2. The SMILES string of the molecule is CC(C)C(NC=O)C(=O)NCC(=O)OCc1ccccc1. The fourth-order valence-corrected chi connectivity index (χ4v) is 1.70. The Kier molecular flexibility index (Phi) is 6.94. The first-order valence-electron chi connectivity index (χ1n) is 6.71. The van der Waals surface area contributed by atoms with Crippen LogP contribution in [0, 0.1) is 5.92 Å². The first-order chi connectivity index (χ1) is 10.0. The van der Waals surface area contributed by atoms with Crippen LogP contribution in [0.2, 0.25) is 0 Å². The molecule has 1 aromatic carbocycles. The van der Waals surface area contributed by atoms with Gasteiger partial charge in [0.2, 0.25) is 12.3 Å². The Labute approximate surface area is 123 Å². The Hall–Kier alpha value is -2.37. The van der Waals surface area contributed by atoms with Gasteiger partial charge in [-0.3, -0.25) is 14.4 Å². The highest BCUT2D eigenvalue weighted by molar-refractivity contribution is 5.87. The molecule has 2 amide bonds. The van der Waals surface area contributed by atoms with E-state index in [1.54, 1.807) is 13.8 Å². The van der Waals surface area contributed by atoms with E-state index in [2.05, 4.69) is 10.6 Å². The van der Waals surface area contributed by atoms with Crippen molar-refractivity contribution in [2.45, 2.75) is 26.5 Å². The van der Waals surface area contributed by atoms with E-state index in [4.69, 9.17) is 4.74 Å². The normalized spacial score (nSPS) is 11.6. The molecule has 0 fully saturated rings. The predicted octanol–water partition coefficient (Wildman–Crippen LogP) is 0.617. The number of ether oxygens (including phenoxy) is 1. The van der Waals surface area contributed by atoms with Gasteiger partial charge in [-0.2, -0.15) is 0 Å². The molecule has 0 aliphatic heterocycles. The van der Waals surface area contributed by atoms with Crippen LogP contribution < -0.4 is 10.6 Å². The second-order valence-corrected chi connectivity index (χ2v) is 4.87. The number of esters is 1. The van der Waals surface area contributed by atoms with Gasteiger partial charge in [-0.15, -0.1) is 0 Å². The molecule has 114 valence electrons. The second-order valence-electron chi connectivity index (χ2n) is 4.87. The summed E-state index contributed by atoms with van der Waals surface area (Å²) in [7, 11) is 0. The third-order valence-electron chi connectivity index (χ3n) is 2.85. The fourth-order valence-electron chi connectivity index (χ4n) is 1.70. The largest absolute Gasteiger partial charge is 0.460 e. The summed E-state index contributed by atoms with van der Waals surface area (Å²) < 4.78 is 5.04. The highest BCUT2D eigenvalue weighted by Crippen LogP contribution is 2.02. The van der Waals surface area contributed by atoms with Gasteiger partial charge in [-0.1, -0.05) is 44.2 Å². The molecule has 0 bridgehead atoms. The molecule has 1 aromatic rings. The summed E-state index contributed by atoms with van der Waals surface area (Å²) in [6.45, 7) is 3.54. The molecule has 1 rings (SSSR count). The molecule has 0 spiro atoms. The van der Waals surface area contributed by atoms with Crippen molar-refractivity contribution in [2.75, 3.05) is 6.54 Å². The molecule has 0 radical (unpaired) electrons. The van der Waals surface area contributed by atoms with Crippen molar-refractivity contribution in [3.05, 3.63) is 35.9 Å². The van der Waals surface area contributed by atoms with Gasteiger partial charge in [-0.05, 0) is 11.5 Å². The van der Waals surface area contributed by atoms with Crippen LogP contribution >= 0.6 is 0 Å². The van der Waals surface area contributed by atoms with Crippen LogP contribution in [0.1, 0.15) is 19.4 Å². The van der Waals surface area contributed by atoms with Gasteiger partial charge in [0.25, 0.3) is 0 Å². The van der Waals surface area contributed by atoms with Crippen molar-refractivity contribution in [3.8, 4) is 0 Å². The number of hydrogen-bond acceptors (Lipinski definition) is 4. The molecule has 1 unspecified atom stereocenters. The minimum Gasteiger partial charge on any atom is -0.460 e. The number of benzene rings is 1. The van der Waals surface area contributed by atoms with Crippen LogP contribution in [0.3, 0.4) is 0 Å². The van der Waals surface area contributed by atoms with Crippen molar-refractivity contribution < 1.29 is 19.1 Å². The smallest absolute Gasteiger partial charge is 0.325 e. The predicted molar refractivity (Wildman–Crippen MR) is 77.1 cm³/mol. The molecule has 0 aromatic heterocycles. The molecule has 0 saturated heterocycles. The monoisotopic (exact) mass is 292 g/mol. The summed E-state index contributed by atoms with van der Waals surface area (Å²) in [6, 6.07) is 8.59. The highest BCUT2D eigenvalue weighted by atomic mass is 16.5. The van der Waals surface area contributed by atoms with Gasteiger partial charge >= 0.3 is 5.97 Å². The molecule has 0 heterocycles. The van der Waals surface area contributed by atoms with E-state index in [1.807, 2.05) is 30.3 Å². The zero-order valence-corrected chi connectivity index (χ0v) is 12.2. The lowest BCUT2D eigenvalue weighted by Crippen LogP contribution is -2.48. The van der Waals surface area contributed by atoms with E-state index in [0.717, 1.165) is 5.56 Å². The van der Waals surface area contributed by atoms with Gasteiger partial charge in [0.1, 0.15) is 19.2 Å². The lowest BCUT2D eigenvalue weighted by Gasteiger charge is -2.18. The molecule has 6 nitrogen and oxygen atoms in total. The van der Waals surface area contributed by atoms with Gasteiger partial charge in [0.15, 0.2) is 0 Å². The van der Waals surface area contributed by atoms with Crippen molar-refractivity contribution in [1.29, 1.82) is 0 Å². The first-order valence-corrected chi connectivity index (χ1v) is 6.71. The summed E-state index contributed by atoms with van der Waals surface area (Å²) in [5.74, 6) is -1.01. The van der Waals surface area contributed by atoms with Crippen molar-refractivity contribution in [1.82, 2.24) is 10.6 Å². The van der Waals surface area contributed by atoms with Crippen molar-refractivity contribution in [3.63, 3.8) is 0 Å². The molecule has 1 atom stereocenters. The van der Waals surface area contributed by atoms with Crippen molar-refractivity contribution >= 4 is 18.3 Å². The Bertz CT molecular complexity index is 474. The standard InChI is InChI=1S/C15H20N2O4/c1-11(2)14(17-10-18)15(20)16-8-13(19)21-9-12-6-4-3-5-7-12/h3-7,10-11,14H,8-9H2,1-2H3,(H,16,20)(H,17,18). The van der Waals surface area contributed by atoms with E-state index in [-0.39, 0.29) is 19.1 Å². The summed E-state index contributed by atoms with van der Waals surface area (Å²) in [4.78, 5) is 33.8. The maximum Gasteiger partial charge on any atom is 0.325 e. The van der Waals surface area contributed by atoms with Crippen LogP contribution in [-0.2, 0) is 25.7 Å². The maximum absolute atomic E-state index is 11.8. The van der Waals surface area contributed by atoms with Crippen LogP contribution in [0.25, 0.3) is 0 Å². The number of carbonyl (C=O) groups is 3. The number of nitrogens with one attached hydrogen (secondary N) is 2. The maximum atomic E-state index is 11.8. The Morgan fingerprint density at radius 1 is 1.24 bits per heavy atom. The first kappa shape index (κ1) is 16.7. The molecule has 0 aliphatic rings. The second kappa shape index (κ2) is 8.73. The Morgan fingerprint density at radius 2 is 1.90 bits per heavy atom. The number of carbonyl (C=O) groups excluding carboxylic acids is 3. The topological polar surface area (TPSA) is 84.5 Å². The van der Waals surface area contributed by atoms with Gasteiger partial charge < -0.3 is 15.4 Å². The van der Waals surface area contributed by atoms with Gasteiger partial charge in [0, 0.05) is 0 Å². The van der Waals surface area contributed by atoms with E-state index in [9.17, 15) is 14.4 Å². The molecule has 21 heavy (non-hydrogen) atoms. The van der Waals surface area contributed by atoms with E-state index < -0.39 is 17.9 Å². The number of rotatable bonds is 8. The highest BCUT2D eigenvalue weighted by Gasteiger charge is 2.21. The quantitative estimate of drug-likeness (QED) is 0.543. The fraction of sp³-hybridized carbons (Fsp3) is 0.400.